The molecular formula is C9H8BrF2NO2. The first-order chi connectivity index (χ1) is 6.99. The van der Waals surface area contributed by atoms with Crippen molar-refractivity contribution in [3.63, 3.8) is 0 Å². The van der Waals surface area contributed by atoms with Crippen LogP contribution >= 0.6 is 15.9 Å². The van der Waals surface area contributed by atoms with Crippen LogP contribution in [0.2, 0.25) is 0 Å². The van der Waals surface area contributed by atoms with Crippen LogP contribution < -0.4 is 0 Å². The zero-order chi connectivity index (χ0) is 11.6. The number of methoxy groups -OCH3 is 1. The van der Waals surface area contributed by atoms with Crippen LogP contribution in [-0.2, 0) is 4.74 Å². The Balaban J connectivity index is 3.27. The standard InChI is InChI=1S/C9H8BrF2NO2/c1-4-6(10)5(8(11)12)3-13-7(4)9(14)15-2/h3,8H,1-2H3. The van der Waals surface area contributed by atoms with Crippen molar-refractivity contribution in [2.75, 3.05) is 7.11 Å². The summed E-state index contributed by atoms with van der Waals surface area (Å²) in [6.07, 6.45) is -1.66. The Bertz CT molecular complexity index is 396. The van der Waals surface area contributed by atoms with E-state index < -0.39 is 12.4 Å². The van der Waals surface area contributed by atoms with Gasteiger partial charge < -0.3 is 4.74 Å². The first kappa shape index (κ1) is 12.0. The molecule has 0 aliphatic rings. The van der Waals surface area contributed by atoms with Crippen LogP contribution in [0, 0.1) is 6.92 Å². The van der Waals surface area contributed by atoms with Gasteiger partial charge >= 0.3 is 5.97 Å². The van der Waals surface area contributed by atoms with E-state index in [0.717, 1.165) is 6.20 Å². The average Bonchev–Trinajstić information content (AvgIpc) is 2.20. The van der Waals surface area contributed by atoms with Gasteiger partial charge in [-0.05, 0) is 28.4 Å². The van der Waals surface area contributed by atoms with Gasteiger partial charge in [0.15, 0.2) is 5.69 Å². The number of halogens is 3. The largest absolute Gasteiger partial charge is 0.464 e. The summed E-state index contributed by atoms with van der Waals surface area (Å²) in [6.45, 7) is 1.52. The van der Waals surface area contributed by atoms with E-state index in [2.05, 4.69) is 25.7 Å². The van der Waals surface area contributed by atoms with Crippen molar-refractivity contribution in [1.29, 1.82) is 0 Å². The highest BCUT2D eigenvalue weighted by Crippen LogP contribution is 2.30. The maximum atomic E-state index is 12.4. The van der Waals surface area contributed by atoms with Gasteiger partial charge in [-0.25, -0.2) is 18.6 Å². The number of alkyl halides is 2. The Morgan fingerprint density at radius 2 is 2.20 bits per heavy atom. The summed E-state index contributed by atoms with van der Waals surface area (Å²) in [5.74, 6) is -0.644. The summed E-state index contributed by atoms with van der Waals surface area (Å²) in [6, 6.07) is 0. The minimum Gasteiger partial charge on any atom is -0.464 e. The van der Waals surface area contributed by atoms with Crippen LogP contribution in [0.25, 0.3) is 0 Å². The SMILES string of the molecule is COC(=O)c1ncc(C(F)F)c(Br)c1C. The highest BCUT2D eigenvalue weighted by molar-refractivity contribution is 9.10. The molecule has 82 valence electrons. The van der Waals surface area contributed by atoms with Crippen molar-refractivity contribution in [2.45, 2.75) is 13.3 Å². The van der Waals surface area contributed by atoms with Crippen LogP contribution in [0.5, 0.6) is 0 Å². The van der Waals surface area contributed by atoms with Crippen molar-refractivity contribution in [1.82, 2.24) is 4.98 Å². The van der Waals surface area contributed by atoms with Crippen molar-refractivity contribution >= 4 is 21.9 Å². The summed E-state index contributed by atoms with van der Waals surface area (Å²) >= 11 is 3.00. The number of carbonyl (C=O) groups is 1. The molecule has 0 saturated carbocycles. The quantitative estimate of drug-likeness (QED) is 0.782. The number of esters is 1. The van der Waals surface area contributed by atoms with Crippen molar-refractivity contribution < 1.29 is 18.3 Å². The van der Waals surface area contributed by atoms with Crippen molar-refractivity contribution in [2.24, 2.45) is 0 Å². The zero-order valence-corrected chi connectivity index (χ0v) is 9.64. The molecule has 6 heteroatoms. The summed E-state index contributed by atoms with van der Waals surface area (Å²) in [5.41, 5.74) is 0.147. The highest BCUT2D eigenvalue weighted by atomic mass is 79.9. The molecule has 0 radical (unpaired) electrons. The number of rotatable bonds is 2. The second-order valence-electron chi connectivity index (χ2n) is 2.79. The van der Waals surface area contributed by atoms with Gasteiger partial charge in [0.2, 0.25) is 0 Å². The number of carbonyl (C=O) groups excluding carboxylic acids is 1. The van der Waals surface area contributed by atoms with Gasteiger partial charge in [0, 0.05) is 10.7 Å². The van der Waals surface area contributed by atoms with E-state index in [-0.39, 0.29) is 15.7 Å². The van der Waals surface area contributed by atoms with E-state index in [1.165, 1.54) is 14.0 Å². The third-order valence-electron chi connectivity index (χ3n) is 1.88. The van der Waals surface area contributed by atoms with Gasteiger partial charge in [-0.3, -0.25) is 0 Å². The van der Waals surface area contributed by atoms with Gasteiger partial charge in [0.25, 0.3) is 6.43 Å². The van der Waals surface area contributed by atoms with Crippen molar-refractivity contribution in [3.05, 3.63) is 27.5 Å². The predicted octanol–water partition coefficient (Wildman–Crippen LogP) is 2.88. The van der Waals surface area contributed by atoms with Crippen LogP contribution in [0.3, 0.4) is 0 Å². The molecule has 0 aliphatic heterocycles. The number of aromatic nitrogens is 1. The summed E-state index contributed by atoms with van der Waals surface area (Å²) in [5, 5.41) is 0. The molecule has 0 N–H and O–H groups in total. The maximum Gasteiger partial charge on any atom is 0.356 e. The van der Waals surface area contributed by atoms with Crippen LogP contribution in [0.15, 0.2) is 10.7 Å². The Hall–Kier alpha value is -1.04. The molecule has 0 unspecified atom stereocenters. The number of ether oxygens (including phenoxy) is 1. The first-order valence-corrected chi connectivity index (χ1v) is 4.79. The molecular weight excluding hydrogens is 272 g/mol. The number of pyridine rings is 1. The molecule has 1 aromatic heterocycles. The lowest BCUT2D eigenvalue weighted by molar-refractivity contribution is 0.0592. The molecule has 1 aromatic rings. The van der Waals surface area contributed by atoms with Gasteiger partial charge in [-0.2, -0.15) is 0 Å². The molecule has 0 bridgehead atoms. The fraction of sp³-hybridized carbons (Fsp3) is 0.333. The van der Waals surface area contributed by atoms with Gasteiger partial charge in [0.05, 0.1) is 12.7 Å². The Labute approximate surface area is 93.6 Å². The molecule has 1 rings (SSSR count). The maximum absolute atomic E-state index is 12.4. The van der Waals surface area contributed by atoms with E-state index >= 15 is 0 Å². The molecule has 15 heavy (non-hydrogen) atoms. The number of hydrogen-bond acceptors (Lipinski definition) is 3. The lowest BCUT2D eigenvalue weighted by atomic mass is 10.1. The van der Waals surface area contributed by atoms with Crippen LogP contribution in [0.1, 0.15) is 28.0 Å². The molecule has 1 heterocycles. The van der Waals surface area contributed by atoms with Crippen molar-refractivity contribution in [3.8, 4) is 0 Å². The molecule has 0 aliphatic carbocycles. The van der Waals surface area contributed by atoms with E-state index in [1.54, 1.807) is 0 Å². The Kier molecular flexibility index (Phi) is 3.73. The molecule has 0 amide bonds. The number of nitrogens with zero attached hydrogens (tertiary/aromatic N) is 1. The van der Waals surface area contributed by atoms with E-state index in [1.807, 2.05) is 0 Å². The molecule has 0 fully saturated rings. The molecule has 3 nitrogen and oxygen atoms in total. The Morgan fingerprint density at radius 1 is 1.60 bits per heavy atom. The molecule has 0 aromatic carbocycles. The second-order valence-corrected chi connectivity index (χ2v) is 3.59. The zero-order valence-electron chi connectivity index (χ0n) is 8.05. The third kappa shape index (κ3) is 2.31. The monoisotopic (exact) mass is 279 g/mol. The smallest absolute Gasteiger partial charge is 0.356 e. The normalized spacial score (nSPS) is 10.5. The fourth-order valence-electron chi connectivity index (χ4n) is 1.06. The lowest BCUT2D eigenvalue weighted by Gasteiger charge is -2.08. The minimum atomic E-state index is -2.63. The van der Waals surface area contributed by atoms with E-state index in [9.17, 15) is 13.6 Å². The molecule has 0 spiro atoms. The second kappa shape index (κ2) is 4.65. The highest BCUT2D eigenvalue weighted by Gasteiger charge is 2.19. The van der Waals surface area contributed by atoms with Gasteiger partial charge in [0.1, 0.15) is 0 Å². The Morgan fingerprint density at radius 3 is 2.67 bits per heavy atom. The summed E-state index contributed by atoms with van der Waals surface area (Å²) < 4.78 is 29.5. The van der Waals surface area contributed by atoms with Gasteiger partial charge in [-0.15, -0.1) is 0 Å². The van der Waals surface area contributed by atoms with Gasteiger partial charge in [-0.1, -0.05) is 0 Å². The van der Waals surface area contributed by atoms with E-state index in [4.69, 9.17) is 0 Å². The molecule has 0 atom stereocenters. The van der Waals surface area contributed by atoms with Crippen LogP contribution in [-0.4, -0.2) is 18.1 Å². The summed E-state index contributed by atoms with van der Waals surface area (Å²) in [7, 11) is 1.21. The topological polar surface area (TPSA) is 39.2 Å². The van der Waals surface area contributed by atoms with Crippen LogP contribution in [0.4, 0.5) is 8.78 Å². The number of hydrogen-bond donors (Lipinski definition) is 0. The molecule has 0 saturated heterocycles. The summed E-state index contributed by atoms with van der Waals surface area (Å²) in [4.78, 5) is 14.8. The fourth-order valence-corrected chi connectivity index (χ4v) is 1.53. The lowest BCUT2D eigenvalue weighted by Crippen LogP contribution is -2.08. The third-order valence-corrected chi connectivity index (χ3v) is 2.94. The first-order valence-electron chi connectivity index (χ1n) is 4.00. The minimum absolute atomic E-state index is 0.0359. The van der Waals surface area contributed by atoms with E-state index in [0.29, 0.717) is 5.56 Å². The predicted molar refractivity (Wildman–Crippen MR) is 53.0 cm³/mol. The average molecular weight is 280 g/mol.